The smallest absolute Gasteiger partial charge is 0.387 e. The molecule has 10 heteroatoms. The van der Waals surface area contributed by atoms with E-state index in [2.05, 4.69) is 10.3 Å². The zero-order valence-corrected chi connectivity index (χ0v) is 12.7. The molecule has 1 aromatic heterocycles. The quantitative estimate of drug-likeness (QED) is 0.624. The van der Waals surface area contributed by atoms with Crippen LogP contribution in [0.25, 0.3) is 0 Å². The highest BCUT2D eigenvalue weighted by Crippen LogP contribution is 2.32. The molecular weight excluding hydrogens is 351 g/mol. The van der Waals surface area contributed by atoms with Crippen molar-refractivity contribution in [3.63, 3.8) is 0 Å². The number of aliphatic hydroxyl groups is 1. The van der Waals surface area contributed by atoms with E-state index in [1.54, 1.807) is 0 Å². The van der Waals surface area contributed by atoms with Crippen molar-refractivity contribution in [2.75, 3.05) is 11.9 Å². The van der Waals surface area contributed by atoms with Crippen LogP contribution >= 0.6 is 11.6 Å². The first-order valence-electron chi connectivity index (χ1n) is 6.57. The number of nitro benzene ring substituents is 1. The van der Waals surface area contributed by atoms with Gasteiger partial charge in [-0.2, -0.15) is 13.2 Å². The Kier molecular flexibility index (Phi) is 5.25. The van der Waals surface area contributed by atoms with E-state index in [0.29, 0.717) is 11.8 Å². The molecule has 0 aliphatic heterocycles. The van der Waals surface area contributed by atoms with Gasteiger partial charge in [-0.3, -0.25) is 10.1 Å². The Morgan fingerprint density at radius 1 is 1.33 bits per heavy atom. The first kappa shape index (κ1) is 18.0. The lowest BCUT2D eigenvalue weighted by molar-refractivity contribution is -0.384. The van der Waals surface area contributed by atoms with Gasteiger partial charge in [-0.1, -0.05) is 11.6 Å². The molecule has 0 fully saturated rings. The van der Waals surface area contributed by atoms with Crippen molar-refractivity contribution in [1.29, 1.82) is 0 Å². The van der Waals surface area contributed by atoms with Crippen LogP contribution in [-0.2, 0) is 6.18 Å². The fourth-order valence-electron chi connectivity index (χ4n) is 1.85. The molecule has 1 aromatic carbocycles. The van der Waals surface area contributed by atoms with Crippen molar-refractivity contribution in [1.82, 2.24) is 4.98 Å². The summed E-state index contributed by atoms with van der Waals surface area (Å²) in [5, 5.41) is 23.0. The van der Waals surface area contributed by atoms with Gasteiger partial charge in [0.2, 0.25) is 0 Å². The van der Waals surface area contributed by atoms with Crippen LogP contribution in [0.3, 0.4) is 0 Å². The lowest BCUT2D eigenvalue weighted by Gasteiger charge is -2.14. The predicted molar refractivity (Wildman–Crippen MR) is 80.8 cm³/mol. The fraction of sp³-hybridized carbons (Fsp3) is 0.214. The highest BCUT2D eigenvalue weighted by atomic mass is 35.5. The molecule has 2 rings (SSSR count). The number of halogens is 4. The van der Waals surface area contributed by atoms with Gasteiger partial charge in [0.05, 0.1) is 21.6 Å². The second kappa shape index (κ2) is 7.02. The van der Waals surface area contributed by atoms with Crippen molar-refractivity contribution >= 4 is 23.1 Å². The average molecular weight is 362 g/mol. The van der Waals surface area contributed by atoms with Gasteiger partial charge in [-0.25, -0.2) is 4.98 Å². The van der Waals surface area contributed by atoms with Crippen LogP contribution < -0.4 is 5.32 Å². The molecule has 1 atom stereocenters. The Morgan fingerprint density at radius 2 is 1.96 bits per heavy atom. The second-order valence-corrected chi connectivity index (χ2v) is 5.20. The van der Waals surface area contributed by atoms with E-state index in [0.717, 1.165) is 6.07 Å². The number of benzene rings is 1. The molecule has 0 bridgehead atoms. The first-order chi connectivity index (χ1) is 11.2. The minimum Gasteiger partial charge on any atom is -0.387 e. The van der Waals surface area contributed by atoms with Gasteiger partial charge in [-0.05, 0) is 23.8 Å². The molecule has 128 valence electrons. The van der Waals surface area contributed by atoms with Crippen molar-refractivity contribution in [3.05, 3.63) is 62.8 Å². The van der Waals surface area contributed by atoms with E-state index in [4.69, 9.17) is 11.6 Å². The third kappa shape index (κ3) is 4.33. The van der Waals surface area contributed by atoms with Crippen LogP contribution in [-0.4, -0.2) is 21.6 Å². The van der Waals surface area contributed by atoms with Crippen LogP contribution in [0.2, 0.25) is 5.02 Å². The zero-order valence-electron chi connectivity index (χ0n) is 11.9. The summed E-state index contributed by atoms with van der Waals surface area (Å²) < 4.78 is 37.6. The Balaban J connectivity index is 2.03. The van der Waals surface area contributed by atoms with Gasteiger partial charge in [-0.15, -0.1) is 0 Å². The van der Waals surface area contributed by atoms with Gasteiger partial charge >= 0.3 is 6.18 Å². The maximum absolute atomic E-state index is 12.5. The monoisotopic (exact) mass is 361 g/mol. The summed E-state index contributed by atoms with van der Waals surface area (Å²) in [6, 6.07) is 5.97. The molecule has 2 aromatic rings. The molecular formula is C14H11ClF3N3O3. The molecule has 0 aliphatic rings. The third-order valence-electron chi connectivity index (χ3n) is 3.12. The van der Waals surface area contributed by atoms with Gasteiger partial charge in [0, 0.05) is 24.9 Å². The number of aliphatic hydroxyl groups excluding tert-OH is 1. The number of non-ortho nitro benzene ring substituents is 1. The number of hydrogen-bond donors (Lipinski definition) is 2. The van der Waals surface area contributed by atoms with Gasteiger partial charge in [0.15, 0.2) is 0 Å². The molecule has 1 unspecified atom stereocenters. The van der Waals surface area contributed by atoms with Crippen LogP contribution in [0.4, 0.5) is 24.7 Å². The average Bonchev–Trinajstić information content (AvgIpc) is 2.52. The molecule has 0 spiro atoms. The zero-order chi connectivity index (χ0) is 17.9. The van der Waals surface area contributed by atoms with E-state index >= 15 is 0 Å². The maximum atomic E-state index is 12.5. The lowest BCUT2D eigenvalue weighted by atomic mass is 10.1. The second-order valence-electron chi connectivity index (χ2n) is 4.80. The summed E-state index contributed by atoms with van der Waals surface area (Å²) in [7, 11) is 0. The molecule has 0 aliphatic carbocycles. The third-order valence-corrected chi connectivity index (χ3v) is 3.41. The summed E-state index contributed by atoms with van der Waals surface area (Å²) in [6.45, 7) is -0.0874. The number of nitro groups is 1. The van der Waals surface area contributed by atoms with E-state index in [1.165, 1.54) is 24.3 Å². The van der Waals surface area contributed by atoms with Crippen LogP contribution in [0.5, 0.6) is 0 Å². The predicted octanol–water partition coefficient (Wildman–Crippen LogP) is 3.81. The lowest BCUT2D eigenvalue weighted by Crippen LogP contribution is -2.14. The van der Waals surface area contributed by atoms with Crippen LogP contribution in [0.15, 0.2) is 36.5 Å². The molecule has 24 heavy (non-hydrogen) atoms. The largest absolute Gasteiger partial charge is 0.417 e. The van der Waals surface area contributed by atoms with Crippen molar-refractivity contribution in [2.24, 2.45) is 0 Å². The normalized spacial score (nSPS) is 12.7. The van der Waals surface area contributed by atoms with Crippen molar-refractivity contribution in [3.8, 4) is 0 Å². The SMILES string of the molecule is O=[N+]([O-])c1ccc(C(O)CNc2ncc(C(F)(F)F)cc2Cl)cc1. The van der Waals surface area contributed by atoms with Gasteiger partial charge in [0.25, 0.3) is 5.69 Å². The number of hydrogen-bond acceptors (Lipinski definition) is 5. The number of pyridine rings is 1. The molecule has 0 saturated carbocycles. The Labute approximate surface area is 139 Å². The molecule has 2 N–H and O–H groups in total. The highest BCUT2D eigenvalue weighted by Gasteiger charge is 2.31. The number of aromatic nitrogens is 1. The van der Waals surface area contributed by atoms with Gasteiger partial charge in [0.1, 0.15) is 5.82 Å². The van der Waals surface area contributed by atoms with Crippen LogP contribution in [0.1, 0.15) is 17.2 Å². The molecule has 0 amide bonds. The topological polar surface area (TPSA) is 88.3 Å². The summed E-state index contributed by atoms with van der Waals surface area (Å²) in [6.07, 6.45) is -4.97. The molecule has 0 radical (unpaired) electrons. The van der Waals surface area contributed by atoms with E-state index < -0.39 is 22.8 Å². The standard InChI is InChI=1S/C14H11ClF3N3O3/c15-11-5-9(14(16,17)18)6-19-13(11)20-7-12(22)8-1-3-10(4-2-8)21(23)24/h1-6,12,22H,7H2,(H,19,20). The number of nitrogens with zero attached hydrogens (tertiary/aromatic N) is 2. The van der Waals surface area contributed by atoms with Crippen molar-refractivity contribution in [2.45, 2.75) is 12.3 Å². The molecule has 1 heterocycles. The van der Waals surface area contributed by atoms with Crippen molar-refractivity contribution < 1.29 is 23.2 Å². The highest BCUT2D eigenvalue weighted by molar-refractivity contribution is 6.32. The number of nitrogens with one attached hydrogen (secondary N) is 1. The fourth-order valence-corrected chi connectivity index (χ4v) is 2.09. The minimum absolute atomic E-state index is 0.00868. The van der Waals surface area contributed by atoms with E-state index in [1.807, 2.05) is 0 Å². The summed E-state index contributed by atoms with van der Waals surface area (Å²) in [5.74, 6) is -0.00868. The Bertz CT molecular complexity index is 738. The molecule has 0 saturated heterocycles. The van der Waals surface area contributed by atoms with E-state index in [9.17, 15) is 28.4 Å². The van der Waals surface area contributed by atoms with E-state index in [-0.39, 0.29) is 23.1 Å². The first-order valence-corrected chi connectivity index (χ1v) is 6.95. The number of anilines is 1. The molecule has 6 nitrogen and oxygen atoms in total. The number of alkyl halides is 3. The minimum atomic E-state index is -4.55. The summed E-state index contributed by atoms with van der Waals surface area (Å²) in [4.78, 5) is 13.6. The van der Waals surface area contributed by atoms with Crippen LogP contribution in [0, 0.1) is 10.1 Å². The van der Waals surface area contributed by atoms with Gasteiger partial charge < -0.3 is 10.4 Å². The summed E-state index contributed by atoms with van der Waals surface area (Å²) >= 11 is 5.74. The maximum Gasteiger partial charge on any atom is 0.417 e. The Morgan fingerprint density at radius 3 is 2.46 bits per heavy atom. The number of rotatable bonds is 5. The summed E-state index contributed by atoms with van der Waals surface area (Å²) in [5.41, 5.74) is -0.698. The Hall–Kier alpha value is -2.39.